The third kappa shape index (κ3) is 4.23. The van der Waals surface area contributed by atoms with Crippen molar-refractivity contribution in [1.29, 1.82) is 0 Å². The molecule has 1 saturated heterocycles. The van der Waals surface area contributed by atoms with Crippen molar-refractivity contribution in [2.24, 2.45) is 0 Å². The Labute approximate surface area is 181 Å². The number of nitrogens with zero attached hydrogens (tertiary/aromatic N) is 3. The first-order valence-electron chi connectivity index (χ1n) is 9.91. The number of carbonyl (C=O) groups excluding carboxylic acids is 1. The van der Waals surface area contributed by atoms with Gasteiger partial charge in [0, 0.05) is 29.9 Å². The highest BCUT2D eigenvalue weighted by Crippen LogP contribution is 2.30. The number of halogens is 1. The number of pyridine rings is 1. The monoisotopic (exact) mass is 434 g/mol. The number of hydrogen-bond donors (Lipinski definition) is 3. The summed E-state index contributed by atoms with van der Waals surface area (Å²) in [6.45, 7) is 1.89. The molecule has 156 valence electrons. The van der Waals surface area contributed by atoms with Crippen molar-refractivity contribution in [2.75, 3.05) is 23.7 Å². The van der Waals surface area contributed by atoms with Crippen LogP contribution in [0.3, 0.4) is 0 Å². The SMILES string of the molecule is O=C(Nc1cc(-c2nc(NC3CCNC3)c3sccc3n2)ccn1)c1ccc(F)cc1. The summed E-state index contributed by atoms with van der Waals surface area (Å²) >= 11 is 1.61. The van der Waals surface area contributed by atoms with Crippen molar-refractivity contribution in [3.05, 3.63) is 65.4 Å². The van der Waals surface area contributed by atoms with Crippen molar-refractivity contribution >= 4 is 39.1 Å². The van der Waals surface area contributed by atoms with Gasteiger partial charge in [0.2, 0.25) is 0 Å². The molecule has 5 rings (SSSR count). The largest absolute Gasteiger partial charge is 0.365 e. The molecule has 9 heteroatoms. The first-order chi connectivity index (χ1) is 15.2. The van der Waals surface area contributed by atoms with Gasteiger partial charge in [-0.1, -0.05) is 0 Å². The van der Waals surface area contributed by atoms with Crippen LogP contribution in [0.4, 0.5) is 16.0 Å². The van der Waals surface area contributed by atoms with Crippen LogP contribution >= 0.6 is 11.3 Å². The summed E-state index contributed by atoms with van der Waals surface area (Å²) in [5.74, 6) is 0.983. The molecule has 1 unspecified atom stereocenters. The van der Waals surface area contributed by atoms with Crippen LogP contribution in [0, 0.1) is 5.82 Å². The van der Waals surface area contributed by atoms with Crippen molar-refractivity contribution in [2.45, 2.75) is 12.5 Å². The summed E-state index contributed by atoms with van der Waals surface area (Å²) in [7, 11) is 0. The second-order valence-electron chi connectivity index (χ2n) is 7.26. The zero-order valence-corrected chi connectivity index (χ0v) is 17.2. The zero-order chi connectivity index (χ0) is 21.2. The normalized spacial score (nSPS) is 15.8. The van der Waals surface area contributed by atoms with Gasteiger partial charge in [-0.25, -0.2) is 19.3 Å². The number of aromatic nitrogens is 3. The van der Waals surface area contributed by atoms with Crippen LogP contribution in [0.15, 0.2) is 54.0 Å². The quantitative estimate of drug-likeness (QED) is 0.441. The second kappa shape index (κ2) is 8.37. The van der Waals surface area contributed by atoms with Gasteiger partial charge in [0.05, 0.1) is 10.2 Å². The van der Waals surface area contributed by atoms with Crippen LogP contribution in [0.25, 0.3) is 21.6 Å². The second-order valence-corrected chi connectivity index (χ2v) is 8.17. The average molecular weight is 435 g/mol. The van der Waals surface area contributed by atoms with Gasteiger partial charge in [-0.15, -0.1) is 11.3 Å². The molecule has 1 amide bonds. The number of thiophene rings is 1. The van der Waals surface area contributed by atoms with E-state index in [4.69, 9.17) is 9.97 Å². The molecule has 4 heterocycles. The van der Waals surface area contributed by atoms with Crippen molar-refractivity contribution in [1.82, 2.24) is 20.3 Å². The van der Waals surface area contributed by atoms with E-state index in [1.54, 1.807) is 23.6 Å². The molecule has 1 aliphatic heterocycles. The lowest BCUT2D eigenvalue weighted by molar-refractivity contribution is 0.102. The number of benzene rings is 1. The van der Waals surface area contributed by atoms with Gasteiger partial charge in [-0.2, -0.15) is 0 Å². The fraction of sp³-hybridized carbons (Fsp3) is 0.182. The Morgan fingerprint density at radius 2 is 2.03 bits per heavy atom. The molecule has 7 nitrogen and oxygen atoms in total. The molecule has 0 bridgehead atoms. The Morgan fingerprint density at radius 3 is 2.84 bits per heavy atom. The first-order valence-corrected chi connectivity index (χ1v) is 10.8. The van der Waals surface area contributed by atoms with Crippen LogP contribution in [-0.2, 0) is 0 Å². The van der Waals surface area contributed by atoms with Gasteiger partial charge >= 0.3 is 0 Å². The molecule has 1 aromatic carbocycles. The highest BCUT2D eigenvalue weighted by Gasteiger charge is 2.18. The topological polar surface area (TPSA) is 91.8 Å². The van der Waals surface area contributed by atoms with Crippen LogP contribution in [-0.4, -0.2) is 40.0 Å². The molecule has 1 aliphatic rings. The standard InChI is InChI=1S/C22H19FN6OS/c23-15-3-1-13(2-4-15)22(30)28-18-11-14(5-9-25-18)20-27-17-7-10-31-19(17)21(29-20)26-16-6-8-24-12-16/h1-5,7,9-11,16,24H,6,8,12H2,(H,25,28,30)(H,26,27,29). The number of fused-ring (bicyclic) bond motifs is 1. The van der Waals surface area contributed by atoms with Crippen LogP contribution < -0.4 is 16.0 Å². The molecule has 0 saturated carbocycles. The third-order valence-electron chi connectivity index (χ3n) is 5.07. The Morgan fingerprint density at radius 1 is 1.16 bits per heavy atom. The molecular formula is C22H19FN6OS. The summed E-state index contributed by atoms with van der Waals surface area (Å²) in [6, 6.07) is 11.2. The summed E-state index contributed by atoms with van der Waals surface area (Å²) in [5.41, 5.74) is 1.96. The van der Waals surface area contributed by atoms with E-state index in [-0.39, 0.29) is 5.91 Å². The van der Waals surface area contributed by atoms with Gasteiger partial charge in [0.25, 0.3) is 5.91 Å². The number of hydrogen-bond acceptors (Lipinski definition) is 7. The first kappa shape index (κ1) is 19.5. The number of carbonyl (C=O) groups is 1. The smallest absolute Gasteiger partial charge is 0.256 e. The lowest BCUT2D eigenvalue weighted by atomic mass is 10.2. The number of rotatable bonds is 5. The van der Waals surface area contributed by atoms with E-state index in [0.29, 0.717) is 23.2 Å². The Balaban J connectivity index is 1.43. The Bertz CT molecular complexity index is 1240. The fourth-order valence-corrected chi connectivity index (χ4v) is 4.27. The summed E-state index contributed by atoms with van der Waals surface area (Å²) in [5, 5.41) is 11.6. The van der Waals surface area contributed by atoms with Gasteiger partial charge < -0.3 is 16.0 Å². The predicted octanol–water partition coefficient (Wildman–Crippen LogP) is 3.92. The molecule has 4 aromatic rings. The number of anilines is 2. The van der Waals surface area contributed by atoms with E-state index >= 15 is 0 Å². The van der Waals surface area contributed by atoms with Crippen molar-refractivity contribution < 1.29 is 9.18 Å². The van der Waals surface area contributed by atoms with E-state index in [9.17, 15) is 9.18 Å². The third-order valence-corrected chi connectivity index (χ3v) is 5.98. The van der Waals surface area contributed by atoms with Gasteiger partial charge in [-0.05, 0) is 60.8 Å². The van der Waals surface area contributed by atoms with Crippen LogP contribution in [0.5, 0.6) is 0 Å². The highest BCUT2D eigenvalue weighted by molar-refractivity contribution is 7.17. The molecule has 3 aromatic heterocycles. The van der Waals surface area contributed by atoms with Gasteiger partial charge in [0.1, 0.15) is 17.5 Å². The molecule has 0 spiro atoms. The predicted molar refractivity (Wildman–Crippen MR) is 120 cm³/mol. The molecule has 0 radical (unpaired) electrons. The molecular weight excluding hydrogens is 415 g/mol. The minimum absolute atomic E-state index is 0.330. The summed E-state index contributed by atoms with van der Waals surface area (Å²) in [4.78, 5) is 26.1. The maximum atomic E-state index is 13.1. The summed E-state index contributed by atoms with van der Waals surface area (Å²) < 4.78 is 14.1. The number of nitrogens with one attached hydrogen (secondary N) is 3. The molecule has 1 fully saturated rings. The van der Waals surface area contributed by atoms with Crippen molar-refractivity contribution in [3.8, 4) is 11.4 Å². The fourth-order valence-electron chi connectivity index (χ4n) is 3.49. The molecule has 31 heavy (non-hydrogen) atoms. The Hall–Kier alpha value is -3.43. The molecule has 1 atom stereocenters. The lowest BCUT2D eigenvalue weighted by Gasteiger charge is -2.14. The van der Waals surface area contributed by atoms with E-state index in [2.05, 4.69) is 20.9 Å². The minimum Gasteiger partial charge on any atom is -0.365 e. The van der Waals surface area contributed by atoms with E-state index in [1.807, 2.05) is 17.5 Å². The number of amides is 1. The van der Waals surface area contributed by atoms with Gasteiger partial charge in [0.15, 0.2) is 5.82 Å². The maximum absolute atomic E-state index is 13.1. The molecule has 3 N–H and O–H groups in total. The van der Waals surface area contributed by atoms with E-state index in [0.717, 1.165) is 41.1 Å². The average Bonchev–Trinajstić information content (AvgIpc) is 3.46. The van der Waals surface area contributed by atoms with E-state index in [1.165, 1.54) is 24.3 Å². The van der Waals surface area contributed by atoms with Crippen molar-refractivity contribution in [3.63, 3.8) is 0 Å². The Kier molecular flexibility index (Phi) is 5.27. The van der Waals surface area contributed by atoms with Crippen LogP contribution in [0.2, 0.25) is 0 Å². The maximum Gasteiger partial charge on any atom is 0.256 e. The highest BCUT2D eigenvalue weighted by atomic mass is 32.1. The van der Waals surface area contributed by atoms with E-state index < -0.39 is 5.82 Å². The van der Waals surface area contributed by atoms with Crippen LogP contribution in [0.1, 0.15) is 16.8 Å². The lowest BCUT2D eigenvalue weighted by Crippen LogP contribution is -2.22. The molecule has 0 aliphatic carbocycles. The summed E-state index contributed by atoms with van der Waals surface area (Å²) in [6.07, 6.45) is 2.64. The minimum atomic E-state index is -0.393. The zero-order valence-electron chi connectivity index (χ0n) is 16.4. The van der Waals surface area contributed by atoms with Gasteiger partial charge in [-0.3, -0.25) is 4.79 Å².